The minimum Gasteiger partial charge on any atom is -0.403 e. The SMILES string of the molecule is Nc1ccn([C@@H]2S[C@H](COP(=O)(NCc3ccccc3)OCc3ccc([N+](=O)[O-])o3)C[C@@H]2O)c(=O)n1. The first-order chi connectivity index (χ1) is 17.2. The number of benzene rings is 1. The highest BCUT2D eigenvalue weighted by atomic mass is 32.2. The van der Waals surface area contributed by atoms with E-state index in [4.69, 9.17) is 19.2 Å². The number of rotatable bonds is 11. The maximum Gasteiger partial charge on any atom is 0.433 e. The first-order valence-corrected chi connectivity index (χ1v) is 13.3. The van der Waals surface area contributed by atoms with Crippen LogP contribution >= 0.6 is 19.5 Å². The Kier molecular flexibility index (Phi) is 8.24. The number of furan rings is 1. The molecule has 4 N–H and O–H groups in total. The molecule has 4 rings (SSSR count). The number of nitrogen functional groups attached to an aromatic ring is 1. The van der Waals surface area contributed by atoms with Gasteiger partial charge in [-0.05, 0) is 24.1 Å². The summed E-state index contributed by atoms with van der Waals surface area (Å²) < 4.78 is 31.1. The third kappa shape index (κ3) is 6.60. The number of aliphatic hydroxyl groups excluding tert-OH is 1. The van der Waals surface area contributed by atoms with Gasteiger partial charge >= 0.3 is 19.3 Å². The summed E-state index contributed by atoms with van der Waals surface area (Å²) in [5, 5.41) is 23.2. The number of nitrogens with one attached hydrogen (secondary N) is 1. The predicted molar refractivity (Wildman–Crippen MR) is 131 cm³/mol. The van der Waals surface area contributed by atoms with Gasteiger partial charge in [-0.15, -0.1) is 11.8 Å². The van der Waals surface area contributed by atoms with Crippen LogP contribution in [0.3, 0.4) is 0 Å². The third-order valence-electron chi connectivity index (χ3n) is 5.25. The average Bonchev–Trinajstić information content (AvgIpc) is 3.48. The van der Waals surface area contributed by atoms with Gasteiger partial charge in [-0.1, -0.05) is 30.3 Å². The van der Waals surface area contributed by atoms with E-state index in [0.29, 0.717) is 0 Å². The molecule has 0 bridgehead atoms. The van der Waals surface area contributed by atoms with E-state index >= 15 is 0 Å². The number of nitro groups is 1. The number of anilines is 1. The zero-order valence-electron chi connectivity index (χ0n) is 18.8. The maximum absolute atomic E-state index is 13.5. The van der Waals surface area contributed by atoms with Crippen LogP contribution in [0.1, 0.15) is 23.1 Å². The van der Waals surface area contributed by atoms with Crippen molar-refractivity contribution in [2.24, 2.45) is 0 Å². The minimum absolute atomic E-state index is 0.0627. The Morgan fingerprint density at radius 1 is 1.28 bits per heavy atom. The van der Waals surface area contributed by atoms with E-state index in [9.17, 15) is 24.6 Å². The highest BCUT2D eigenvalue weighted by molar-refractivity contribution is 8.00. The fourth-order valence-electron chi connectivity index (χ4n) is 3.49. The minimum atomic E-state index is -3.92. The van der Waals surface area contributed by atoms with Gasteiger partial charge in [0.1, 0.15) is 28.5 Å². The second-order valence-corrected chi connectivity index (χ2v) is 11.1. The molecule has 2 aromatic heterocycles. The van der Waals surface area contributed by atoms with Crippen molar-refractivity contribution in [2.75, 3.05) is 12.3 Å². The lowest BCUT2D eigenvalue weighted by Crippen LogP contribution is -2.29. The van der Waals surface area contributed by atoms with Crippen molar-refractivity contribution >= 4 is 31.2 Å². The molecule has 1 aliphatic rings. The molecular weight excluding hydrogens is 513 g/mol. The summed E-state index contributed by atoms with van der Waals surface area (Å²) in [5.41, 5.74) is 5.78. The Labute approximate surface area is 209 Å². The Bertz CT molecular complexity index is 1300. The molecule has 1 aromatic carbocycles. The van der Waals surface area contributed by atoms with Crippen molar-refractivity contribution in [1.82, 2.24) is 14.6 Å². The molecule has 0 radical (unpaired) electrons. The molecule has 0 saturated carbocycles. The van der Waals surface area contributed by atoms with E-state index in [1.165, 1.54) is 40.7 Å². The number of thioether (sulfide) groups is 1. The molecule has 1 saturated heterocycles. The van der Waals surface area contributed by atoms with E-state index in [1.807, 2.05) is 30.3 Å². The van der Waals surface area contributed by atoms with Gasteiger partial charge < -0.3 is 15.3 Å². The number of nitrogens with zero attached hydrogens (tertiary/aromatic N) is 3. The molecule has 192 valence electrons. The van der Waals surface area contributed by atoms with Crippen LogP contribution in [-0.2, 0) is 26.8 Å². The normalized spacial score (nSPS) is 21.3. The van der Waals surface area contributed by atoms with E-state index in [1.54, 1.807) is 0 Å². The molecule has 0 aliphatic carbocycles. The topological polar surface area (TPSA) is 185 Å². The standard InChI is InChI=1S/C21H24N5O8PS/c22-18-8-9-25(21(28)24-18)20-17(27)10-16(36-20)13-33-35(31,23-11-14-4-2-1-3-5-14)32-12-15-6-7-19(34-15)26(29)30/h1-9,16-17,20,27H,10-13H2,(H,23,31)(H2,22,24,28)/t16-,17-,20+,35?/m0/s1. The molecule has 3 aromatic rings. The quantitative estimate of drug-likeness (QED) is 0.185. The number of aliphatic hydroxyl groups is 1. The Morgan fingerprint density at radius 3 is 2.75 bits per heavy atom. The second-order valence-electron chi connectivity index (χ2n) is 7.88. The average molecular weight is 537 g/mol. The lowest BCUT2D eigenvalue weighted by molar-refractivity contribution is -0.402. The first-order valence-electron chi connectivity index (χ1n) is 10.8. The Balaban J connectivity index is 1.41. The summed E-state index contributed by atoms with van der Waals surface area (Å²) in [7, 11) is -3.92. The van der Waals surface area contributed by atoms with Gasteiger partial charge in [0, 0.05) is 18.0 Å². The van der Waals surface area contributed by atoms with Crippen molar-refractivity contribution in [3.05, 3.63) is 86.7 Å². The molecule has 1 aliphatic heterocycles. The van der Waals surface area contributed by atoms with Crippen LogP contribution in [0, 0.1) is 10.1 Å². The van der Waals surface area contributed by atoms with Crippen molar-refractivity contribution in [3.8, 4) is 0 Å². The van der Waals surface area contributed by atoms with Crippen LogP contribution < -0.4 is 16.5 Å². The summed E-state index contributed by atoms with van der Waals surface area (Å²) in [4.78, 5) is 26.0. The zero-order valence-corrected chi connectivity index (χ0v) is 20.5. The van der Waals surface area contributed by atoms with Crippen molar-refractivity contribution in [2.45, 2.75) is 36.3 Å². The molecule has 1 fully saturated rings. The van der Waals surface area contributed by atoms with E-state index in [2.05, 4.69) is 10.1 Å². The summed E-state index contributed by atoms with van der Waals surface area (Å²) in [6.07, 6.45) is 0.870. The monoisotopic (exact) mass is 537 g/mol. The van der Waals surface area contributed by atoms with E-state index in [0.717, 1.165) is 5.56 Å². The summed E-state index contributed by atoms with van der Waals surface area (Å²) >= 11 is 1.28. The molecule has 15 heteroatoms. The third-order valence-corrected chi connectivity index (χ3v) is 8.28. The van der Waals surface area contributed by atoms with Crippen LogP contribution in [-0.4, -0.2) is 37.5 Å². The molecule has 1 unspecified atom stereocenters. The molecule has 36 heavy (non-hydrogen) atoms. The Morgan fingerprint density at radius 2 is 2.06 bits per heavy atom. The lowest BCUT2D eigenvalue weighted by atomic mass is 10.2. The van der Waals surface area contributed by atoms with E-state index in [-0.39, 0.29) is 43.0 Å². The van der Waals surface area contributed by atoms with Crippen LogP contribution in [0.25, 0.3) is 0 Å². The predicted octanol–water partition coefficient (Wildman–Crippen LogP) is 2.82. The van der Waals surface area contributed by atoms with Crippen molar-refractivity contribution < 1.29 is 28.1 Å². The van der Waals surface area contributed by atoms with Gasteiger partial charge in [-0.2, -0.15) is 4.98 Å². The molecule has 13 nitrogen and oxygen atoms in total. The van der Waals surface area contributed by atoms with Gasteiger partial charge in [0.25, 0.3) is 0 Å². The Hall–Kier alpha value is -3.00. The van der Waals surface area contributed by atoms with Crippen LogP contribution in [0.15, 0.2) is 63.9 Å². The van der Waals surface area contributed by atoms with Gasteiger partial charge in [-0.25, -0.2) is 14.4 Å². The highest BCUT2D eigenvalue weighted by Crippen LogP contribution is 2.48. The second kappa shape index (κ2) is 11.4. The lowest BCUT2D eigenvalue weighted by Gasteiger charge is -2.21. The molecule has 3 heterocycles. The highest BCUT2D eigenvalue weighted by Gasteiger charge is 2.37. The van der Waals surface area contributed by atoms with Gasteiger partial charge in [0.15, 0.2) is 0 Å². The molecular formula is C21H24N5O8PS. The largest absolute Gasteiger partial charge is 0.433 e. The first kappa shape index (κ1) is 26.1. The molecule has 0 spiro atoms. The summed E-state index contributed by atoms with van der Waals surface area (Å²) in [6.45, 7) is -0.221. The van der Waals surface area contributed by atoms with Crippen molar-refractivity contribution in [3.63, 3.8) is 0 Å². The van der Waals surface area contributed by atoms with Crippen molar-refractivity contribution in [1.29, 1.82) is 0 Å². The maximum atomic E-state index is 13.5. The van der Waals surface area contributed by atoms with Crippen LogP contribution in [0.5, 0.6) is 0 Å². The summed E-state index contributed by atoms with van der Waals surface area (Å²) in [5.74, 6) is -0.276. The van der Waals surface area contributed by atoms with Crippen LogP contribution in [0.2, 0.25) is 0 Å². The smallest absolute Gasteiger partial charge is 0.403 e. The number of hydrogen-bond donors (Lipinski definition) is 3. The fourth-order valence-corrected chi connectivity index (χ4v) is 6.33. The zero-order chi connectivity index (χ0) is 25.7. The number of nitrogens with two attached hydrogens (primary N) is 1. The van der Waals surface area contributed by atoms with Crippen LogP contribution in [0.4, 0.5) is 11.7 Å². The van der Waals surface area contributed by atoms with E-state index < -0.39 is 35.7 Å². The van der Waals surface area contributed by atoms with Gasteiger partial charge in [-0.3, -0.25) is 23.7 Å². The number of aromatic nitrogens is 2. The molecule has 4 atom stereocenters. The van der Waals surface area contributed by atoms with Gasteiger partial charge in [0.2, 0.25) is 0 Å². The van der Waals surface area contributed by atoms with Gasteiger partial charge in [0.05, 0.1) is 18.8 Å². The summed E-state index contributed by atoms with van der Waals surface area (Å²) in [6, 6.07) is 13.2. The number of hydrogen-bond acceptors (Lipinski definition) is 11. The molecule has 0 amide bonds. The fraction of sp³-hybridized carbons (Fsp3) is 0.333.